The second-order valence-electron chi connectivity index (χ2n) is 3.06. The van der Waals surface area contributed by atoms with Gasteiger partial charge in [0.1, 0.15) is 5.75 Å². The zero-order chi connectivity index (χ0) is 10.8. The van der Waals surface area contributed by atoms with Crippen LogP contribution >= 0.6 is 23.2 Å². The number of benzene rings is 1. The molecule has 0 radical (unpaired) electrons. The van der Waals surface area contributed by atoms with E-state index in [9.17, 15) is 5.11 Å². The number of aromatic hydroxyl groups is 1. The third kappa shape index (κ3) is 2.22. The maximum atomic E-state index is 9.28. The van der Waals surface area contributed by atoms with E-state index in [0.717, 1.165) is 11.1 Å². The Labute approximate surface area is 97.1 Å². The number of aromatic nitrogens is 1. The average molecular weight is 240 g/mol. The van der Waals surface area contributed by atoms with Crippen LogP contribution in [0.2, 0.25) is 10.0 Å². The zero-order valence-electron chi connectivity index (χ0n) is 7.61. The fourth-order valence-electron chi connectivity index (χ4n) is 1.26. The summed E-state index contributed by atoms with van der Waals surface area (Å²) in [6, 6.07) is 6.89. The molecule has 0 spiro atoms. The number of hydrogen-bond acceptors (Lipinski definition) is 2. The first-order valence-electron chi connectivity index (χ1n) is 4.26. The van der Waals surface area contributed by atoms with Gasteiger partial charge in [0.05, 0.1) is 16.2 Å². The second-order valence-corrected chi connectivity index (χ2v) is 3.88. The standard InChI is InChI=1S/C11H7Cl2NO/c12-10-2-1-7(4-11(10)13)8-3-9(15)6-14-5-8/h1-6,15H. The van der Waals surface area contributed by atoms with Gasteiger partial charge in [0.15, 0.2) is 0 Å². The normalized spacial score (nSPS) is 10.3. The van der Waals surface area contributed by atoms with Crippen LogP contribution in [0.15, 0.2) is 36.7 Å². The quantitative estimate of drug-likeness (QED) is 0.823. The van der Waals surface area contributed by atoms with Crippen LogP contribution < -0.4 is 0 Å². The van der Waals surface area contributed by atoms with Gasteiger partial charge in [-0.15, -0.1) is 0 Å². The Hall–Kier alpha value is -1.25. The van der Waals surface area contributed by atoms with Crippen molar-refractivity contribution < 1.29 is 5.11 Å². The molecule has 15 heavy (non-hydrogen) atoms. The molecule has 2 nitrogen and oxygen atoms in total. The molecular weight excluding hydrogens is 233 g/mol. The minimum absolute atomic E-state index is 0.124. The lowest BCUT2D eigenvalue weighted by atomic mass is 10.1. The summed E-state index contributed by atoms with van der Waals surface area (Å²) < 4.78 is 0. The third-order valence-corrected chi connectivity index (χ3v) is 2.72. The van der Waals surface area contributed by atoms with E-state index in [2.05, 4.69) is 4.98 Å². The molecule has 1 aromatic carbocycles. The smallest absolute Gasteiger partial charge is 0.134 e. The van der Waals surface area contributed by atoms with E-state index < -0.39 is 0 Å². The van der Waals surface area contributed by atoms with Gasteiger partial charge in [-0.05, 0) is 23.8 Å². The van der Waals surface area contributed by atoms with E-state index in [-0.39, 0.29) is 5.75 Å². The lowest BCUT2D eigenvalue weighted by molar-refractivity contribution is 0.473. The van der Waals surface area contributed by atoms with Gasteiger partial charge in [0.25, 0.3) is 0 Å². The summed E-state index contributed by atoms with van der Waals surface area (Å²) in [5, 5.41) is 10.3. The first kappa shape index (κ1) is 10.3. The van der Waals surface area contributed by atoms with Crippen molar-refractivity contribution in [1.82, 2.24) is 4.98 Å². The molecule has 0 amide bonds. The van der Waals surface area contributed by atoms with Crippen LogP contribution in [0.5, 0.6) is 5.75 Å². The van der Waals surface area contributed by atoms with Gasteiger partial charge in [-0.1, -0.05) is 29.3 Å². The van der Waals surface area contributed by atoms with E-state index >= 15 is 0 Å². The Morgan fingerprint density at radius 3 is 2.40 bits per heavy atom. The molecule has 1 aromatic heterocycles. The lowest BCUT2D eigenvalue weighted by Crippen LogP contribution is -1.80. The van der Waals surface area contributed by atoms with Crippen molar-refractivity contribution in [2.45, 2.75) is 0 Å². The van der Waals surface area contributed by atoms with Crippen molar-refractivity contribution in [3.05, 3.63) is 46.7 Å². The fourth-order valence-corrected chi connectivity index (χ4v) is 1.56. The molecule has 1 heterocycles. The third-order valence-electron chi connectivity index (χ3n) is 1.98. The van der Waals surface area contributed by atoms with Gasteiger partial charge in [-0.25, -0.2) is 0 Å². The SMILES string of the molecule is Oc1cncc(-c2ccc(Cl)c(Cl)c2)c1. The number of pyridine rings is 1. The van der Waals surface area contributed by atoms with Crippen LogP contribution in [0, 0.1) is 0 Å². The highest BCUT2D eigenvalue weighted by molar-refractivity contribution is 6.42. The van der Waals surface area contributed by atoms with Crippen molar-refractivity contribution in [3.8, 4) is 16.9 Å². The zero-order valence-corrected chi connectivity index (χ0v) is 9.13. The van der Waals surface area contributed by atoms with Crippen molar-refractivity contribution in [3.63, 3.8) is 0 Å². The molecule has 2 rings (SSSR count). The highest BCUT2D eigenvalue weighted by atomic mass is 35.5. The Bertz CT molecular complexity index is 500. The summed E-state index contributed by atoms with van der Waals surface area (Å²) in [6.45, 7) is 0. The largest absolute Gasteiger partial charge is 0.506 e. The average Bonchev–Trinajstić information content (AvgIpc) is 2.22. The first-order chi connectivity index (χ1) is 7.16. The lowest BCUT2D eigenvalue weighted by Gasteiger charge is -2.03. The molecule has 0 bridgehead atoms. The summed E-state index contributed by atoms with van der Waals surface area (Å²) in [5.41, 5.74) is 1.67. The van der Waals surface area contributed by atoms with Crippen LogP contribution in [0.3, 0.4) is 0 Å². The van der Waals surface area contributed by atoms with E-state index in [4.69, 9.17) is 23.2 Å². The predicted octanol–water partition coefficient (Wildman–Crippen LogP) is 3.76. The van der Waals surface area contributed by atoms with E-state index in [1.165, 1.54) is 6.20 Å². The van der Waals surface area contributed by atoms with Gasteiger partial charge >= 0.3 is 0 Å². The molecule has 76 valence electrons. The maximum absolute atomic E-state index is 9.28. The molecule has 0 atom stereocenters. The summed E-state index contributed by atoms with van der Waals surface area (Å²) in [6.07, 6.45) is 3.03. The van der Waals surface area contributed by atoms with Crippen LogP contribution in [-0.4, -0.2) is 10.1 Å². The number of nitrogens with zero attached hydrogens (tertiary/aromatic N) is 1. The molecule has 0 aliphatic carbocycles. The van der Waals surface area contributed by atoms with Crippen molar-refractivity contribution in [1.29, 1.82) is 0 Å². The van der Waals surface area contributed by atoms with Crippen molar-refractivity contribution >= 4 is 23.2 Å². The topological polar surface area (TPSA) is 33.1 Å². The van der Waals surface area contributed by atoms with Crippen LogP contribution in [0.1, 0.15) is 0 Å². The van der Waals surface area contributed by atoms with Crippen LogP contribution in [-0.2, 0) is 0 Å². The van der Waals surface area contributed by atoms with Crippen LogP contribution in [0.25, 0.3) is 11.1 Å². The highest BCUT2D eigenvalue weighted by Crippen LogP contribution is 2.29. The van der Waals surface area contributed by atoms with Gasteiger partial charge in [0.2, 0.25) is 0 Å². The van der Waals surface area contributed by atoms with Crippen LogP contribution in [0.4, 0.5) is 0 Å². The molecular formula is C11H7Cl2NO. The van der Waals surface area contributed by atoms with Gasteiger partial charge in [-0.3, -0.25) is 4.98 Å². The van der Waals surface area contributed by atoms with Gasteiger partial charge < -0.3 is 5.11 Å². The molecule has 0 saturated heterocycles. The predicted molar refractivity (Wildman–Crippen MR) is 61.4 cm³/mol. The Morgan fingerprint density at radius 2 is 1.73 bits per heavy atom. The molecule has 4 heteroatoms. The minimum atomic E-state index is 0.124. The second kappa shape index (κ2) is 4.09. The monoisotopic (exact) mass is 239 g/mol. The summed E-state index contributed by atoms with van der Waals surface area (Å²) in [4.78, 5) is 3.89. The molecule has 0 aliphatic heterocycles. The fraction of sp³-hybridized carbons (Fsp3) is 0. The Morgan fingerprint density at radius 1 is 0.933 bits per heavy atom. The number of rotatable bonds is 1. The van der Waals surface area contributed by atoms with Crippen molar-refractivity contribution in [2.75, 3.05) is 0 Å². The van der Waals surface area contributed by atoms with Gasteiger partial charge in [-0.2, -0.15) is 0 Å². The number of hydrogen-bond donors (Lipinski definition) is 1. The summed E-state index contributed by atoms with van der Waals surface area (Å²) in [5.74, 6) is 0.124. The van der Waals surface area contributed by atoms with Crippen molar-refractivity contribution in [2.24, 2.45) is 0 Å². The van der Waals surface area contributed by atoms with E-state index in [1.54, 1.807) is 24.4 Å². The molecule has 0 fully saturated rings. The first-order valence-corrected chi connectivity index (χ1v) is 5.02. The molecule has 1 N–H and O–H groups in total. The maximum Gasteiger partial charge on any atom is 0.134 e. The Kier molecular flexibility index (Phi) is 2.80. The summed E-state index contributed by atoms with van der Waals surface area (Å²) >= 11 is 11.7. The van der Waals surface area contributed by atoms with Gasteiger partial charge in [0, 0.05) is 11.8 Å². The number of halogens is 2. The molecule has 0 aliphatic rings. The summed E-state index contributed by atoms with van der Waals surface area (Å²) in [7, 11) is 0. The highest BCUT2D eigenvalue weighted by Gasteiger charge is 2.02. The molecule has 2 aromatic rings. The van der Waals surface area contributed by atoms with E-state index in [0.29, 0.717) is 10.0 Å². The Balaban J connectivity index is 2.50. The molecule has 0 unspecified atom stereocenters. The minimum Gasteiger partial charge on any atom is -0.506 e. The van der Waals surface area contributed by atoms with E-state index in [1.807, 2.05) is 6.07 Å². The molecule has 0 saturated carbocycles.